The zero-order valence-corrected chi connectivity index (χ0v) is 8.32. The predicted molar refractivity (Wildman–Crippen MR) is 47.9 cm³/mol. The van der Waals surface area contributed by atoms with Gasteiger partial charge in [0.05, 0.1) is 5.02 Å². The van der Waals surface area contributed by atoms with E-state index in [0.717, 1.165) is 6.07 Å². The average Bonchev–Trinajstić information content (AvgIpc) is 2.07. The van der Waals surface area contributed by atoms with Crippen LogP contribution in [0.3, 0.4) is 0 Å². The van der Waals surface area contributed by atoms with E-state index >= 15 is 0 Å². The minimum atomic E-state index is -4.60. The molecule has 0 unspecified atom stereocenters. The lowest BCUT2D eigenvalue weighted by molar-refractivity contribution is -0.139. The summed E-state index contributed by atoms with van der Waals surface area (Å²) in [5.41, 5.74) is -0.717. The maximum absolute atomic E-state index is 12.5. The van der Waals surface area contributed by atoms with E-state index < -0.39 is 17.5 Å². The molecule has 0 fully saturated rings. The predicted octanol–water partition coefficient (Wildman–Crippen LogP) is 3.20. The van der Waals surface area contributed by atoms with Crippen molar-refractivity contribution < 1.29 is 22.7 Å². The number of halogens is 4. The summed E-state index contributed by atoms with van der Waals surface area (Å²) in [7, 11) is 0. The highest BCUT2D eigenvalue weighted by Crippen LogP contribution is 2.40. The highest BCUT2D eigenvalue weighted by atomic mass is 35.5. The molecular formula is C9H6ClF3O2. The molecule has 0 aliphatic carbocycles. The second kappa shape index (κ2) is 4.10. The third kappa shape index (κ3) is 2.62. The van der Waals surface area contributed by atoms with Crippen molar-refractivity contribution in [3.8, 4) is 5.75 Å². The van der Waals surface area contributed by atoms with Crippen LogP contribution >= 0.6 is 11.6 Å². The first kappa shape index (κ1) is 11.8. The lowest BCUT2D eigenvalue weighted by Gasteiger charge is -2.13. The van der Waals surface area contributed by atoms with Crippen LogP contribution in [0.4, 0.5) is 13.2 Å². The Morgan fingerprint density at radius 2 is 2.00 bits per heavy atom. The number of rotatable bonds is 2. The summed E-state index contributed by atoms with van der Waals surface area (Å²) in [4.78, 5) is 10.0. The molecule has 6 heteroatoms. The van der Waals surface area contributed by atoms with Gasteiger partial charge >= 0.3 is 6.18 Å². The van der Waals surface area contributed by atoms with Gasteiger partial charge < -0.3 is 4.74 Å². The summed E-state index contributed by atoms with van der Waals surface area (Å²) in [6.07, 6.45) is -4.60. The standard InChI is InChI=1S/C9H6ClF3O2/c1-5-2-6(9(11,12)13)8(15-4-14)7(10)3-5/h2-4H,1H3. The van der Waals surface area contributed by atoms with Gasteiger partial charge in [-0.1, -0.05) is 11.6 Å². The number of benzene rings is 1. The molecule has 0 spiro atoms. The van der Waals surface area contributed by atoms with Gasteiger partial charge in [-0.25, -0.2) is 0 Å². The van der Waals surface area contributed by atoms with Crippen molar-refractivity contribution in [1.82, 2.24) is 0 Å². The molecule has 0 aliphatic heterocycles. The van der Waals surface area contributed by atoms with Gasteiger partial charge in [-0.3, -0.25) is 4.79 Å². The maximum Gasteiger partial charge on any atom is 0.420 e. The van der Waals surface area contributed by atoms with E-state index in [9.17, 15) is 18.0 Å². The molecule has 0 saturated carbocycles. The summed E-state index contributed by atoms with van der Waals surface area (Å²) >= 11 is 5.54. The fourth-order valence-electron chi connectivity index (χ4n) is 1.11. The van der Waals surface area contributed by atoms with Gasteiger partial charge in [0, 0.05) is 0 Å². The molecule has 0 heterocycles. The van der Waals surface area contributed by atoms with E-state index in [1.807, 2.05) is 0 Å². The molecule has 0 aromatic heterocycles. The van der Waals surface area contributed by atoms with Crippen LogP contribution in [0.1, 0.15) is 11.1 Å². The van der Waals surface area contributed by atoms with E-state index in [4.69, 9.17) is 11.6 Å². The summed E-state index contributed by atoms with van der Waals surface area (Å²) in [5, 5.41) is -0.241. The van der Waals surface area contributed by atoms with Crippen LogP contribution in [-0.4, -0.2) is 6.47 Å². The van der Waals surface area contributed by atoms with E-state index in [1.165, 1.54) is 13.0 Å². The topological polar surface area (TPSA) is 26.3 Å². The van der Waals surface area contributed by atoms with Gasteiger partial charge in [0.15, 0.2) is 5.75 Å². The quantitative estimate of drug-likeness (QED) is 0.740. The molecule has 0 aliphatic rings. The first-order valence-corrected chi connectivity index (χ1v) is 4.21. The van der Waals surface area contributed by atoms with E-state index in [-0.39, 0.29) is 11.5 Å². The smallest absolute Gasteiger partial charge is 0.420 e. The fourth-order valence-corrected chi connectivity index (χ4v) is 1.43. The number of hydrogen-bond acceptors (Lipinski definition) is 2. The van der Waals surface area contributed by atoms with Gasteiger partial charge in [0.2, 0.25) is 0 Å². The zero-order chi connectivity index (χ0) is 11.6. The van der Waals surface area contributed by atoms with Crippen LogP contribution in [0.5, 0.6) is 5.75 Å². The number of carbonyl (C=O) groups excluding carboxylic acids is 1. The molecule has 2 nitrogen and oxygen atoms in total. The highest BCUT2D eigenvalue weighted by Gasteiger charge is 2.35. The maximum atomic E-state index is 12.5. The number of alkyl halides is 3. The largest absolute Gasteiger partial charge is 0.427 e. The Morgan fingerprint density at radius 1 is 1.40 bits per heavy atom. The van der Waals surface area contributed by atoms with E-state index in [2.05, 4.69) is 4.74 Å². The van der Waals surface area contributed by atoms with Gasteiger partial charge in [-0.05, 0) is 24.6 Å². The van der Waals surface area contributed by atoms with Gasteiger partial charge in [0.1, 0.15) is 5.56 Å². The minimum absolute atomic E-state index is 0.0915. The Labute approximate surface area is 88.6 Å². The third-order valence-corrected chi connectivity index (χ3v) is 1.94. The number of carbonyl (C=O) groups is 1. The van der Waals surface area contributed by atoms with Crippen molar-refractivity contribution in [2.24, 2.45) is 0 Å². The van der Waals surface area contributed by atoms with Crippen molar-refractivity contribution in [2.45, 2.75) is 13.1 Å². The van der Waals surface area contributed by atoms with Gasteiger partial charge in [-0.2, -0.15) is 13.2 Å². The van der Waals surface area contributed by atoms with Crippen LogP contribution in [0, 0.1) is 6.92 Å². The van der Waals surface area contributed by atoms with Crippen molar-refractivity contribution in [3.63, 3.8) is 0 Å². The van der Waals surface area contributed by atoms with E-state index in [0.29, 0.717) is 5.56 Å². The Morgan fingerprint density at radius 3 is 2.47 bits per heavy atom. The SMILES string of the molecule is Cc1cc(Cl)c(OC=O)c(C(F)(F)F)c1. The molecule has 0 saturated heterocycles. The molecule has 1 aromatic carbocycles. The fraction of sp³-hybridized carbons (Fsp3) is 0.222. The molecule has 0 bridgehead atoms. The van der Waals surface area contributed by atoms with Crippen LogP contribution in [-0.2, 0) is 11.0 Å². The Hall–Kier alpha value is -1.23. The molecule has 0 amide bonds. The molecule has 82 valence electrons. The highest BCUT2D eigenvalue weighted by molar-refractivity contribution is 6.32. The average molecular weight is 239 g/mol. The summed E-state index contributed by atoms with van der Waals surface area (Å²) < 4.78 is 41.6. The van der Waals surface area contributed by atoms with Gasteiger partial charge in [0.25, 0.3) is 6.47 Å². The van der Waals surface area contributed by atoms with Crippen LogP contribution in [0.25, 0.3) is 0 Å². The second-order valence-electron chi connectivity index (χ2n) is 2.84. The van der Waals surface area contributed by atoms with Crippen molar-refractivity contribution in [1.29, 1.82) is 0 Å². The van der Waals surface area contributed by atoms with Crippen LogP contribution in [0.2, 0.25) is 5.02 Å². The molecule has 0 atom stereocenters. The lowest BCUT2D eigenvalue weighted by atomic mass is 10.1. The number of hydrogen-bond donors (Lipinski definition) is 0. The van der Waals surface area contributed by atoms with Crippen molar-refractivity contribution >= 4 is 18.1 Å². The molecule has 0 radical (unpaired) electrons. The van der Waals surface area contributed by atoms with Gasteiger partial charge in [-0.15, -0.1) is 0 Å². The number of ether oxygens (including phenoxy) is 1. The van der Waals surface area contributed by atoms with Crippen LogP contribution < -0.4 is 4.74 Å². The molecule has 1 rings (SSSR count). The minimum Gasteiger partial charge on any atom is -0.427 e. The van der Waals surface area contributed by atoms with Crippen molar-refractivity contribution in [3.05, 3.63) is 28.3 Å². The summed E-state index contributed by atoms with van der Waals surface area (Å²) in [5.74, 6) is -0.662. The third-order valence-electron chi connectivity index (χ3n) is 1.66. The Bertz CT molecular complexity index is 388. The first-order valence-electron chi connectivity index (χ1n) is 3.84. The zero-order valence-electron chi connectivity index (χ0n) is 7.56. The Balaban J connectivity index is 3.39. The molecule has 0 N–H and O–H groups in total. The molecular weight excluding hydrogens is 233 g/mol. The lowest BCUT2D eigenvalue weighted by Crippen LogP contribution is -2.09. The normalized spacial score (nSPS) is 11.3. The molecule has 15 heavy (non-hydrogen) atoms. The first-order chi connectivity index (χ1) is 6.86. The summed E-state index contributed by atoms with van der Waals surface area (Å²) in [6, 6.07) is 2.15. The monoisotopic (exact) mass is 238 g/mol. The summed E-state index contributed by atoms with van der Waals surface area (Å²) in [6.45, 7) is 1.37. The molecule has 1 aromatic rings. The van der Waals surface area contributed by atoms with Crippen molar-refractivity contribution in [2.75, 3.05) is 0 Å². The number of aryl methyl sites for hydroxylation is 1. The van der Waals surface area contributed by atoms with E-state index in [1.54, 1.807) is 0 Å². The van der Waals surface area contributed by atoms with Crippen LogP contribution in [0.15, 0.2) is 12.1 Å². The second-order valence-corrected chi connectivity index (χ2v) is 3.24. The Kier molecular flexibility index (Phi) is 3.24.